The summed E-state index contributed by atoms with van der Waals surface area (Å²) in [6, 6.07) is 0.484. The highest BCUT2D eigenvalue weighted by Gasteiger charge is 2.28. The zero-order valence-electron chi connectivity index (χ0n) is 18.2. The van der Waals surface area contributed by atoms with Crippen LogP contribution in [0.4, 0.5) is 4.79 Å². The molecule has 0 aromatic heterocycles. The van der Waals surface area contributed by atoms with E-state index in [0.29, 0.717) is 18.8 Å². The van der Waals surface area contributed by atoms with Crippen LogP contribution in [0.2, 0.25) is 0 Å². The van der Waals surface area contributed by atoms with E-state index < -0.39 is 0 Å². The third kappa shape index (κ3) is 8.67. The number of ketones is 1. The molecule has 0 atom stereocenters. The molecule has 6 nitrogen and oxygen atoms in total. The number of carbonyl (C=O) groups is 3. The molecule has 2 amide bonds. The first kappa shape index (κ1) is 24.2. The molecule has 0 aromatic rings. The molecular weight excluding hydrogens is 388 g/mol. The van der Waals surface area contributed by atoms with E-state index in [0.717, 1.165) is 57.8 Å². The van der Waals surface area contributed by atoms with Crippen molar-refractivity contribution in [2.24, 2.45) is 11.8 Å². The summed E-state index contributed by atoms with van der Waals surface area (Å²) in [4.78, 5) is 35.7. The Morgan fingerprint density at radius 1 is 0.931 bits per heavy atom. The molecule has 2 fully saturated rings. The minimum atomic E-state index is 0.0420. The Kier molecular flexibility index (Phi) is 10.5. The molecule has 0 aromatic carbocycles. The van der Waals surface area contributed by atoms with Gasteiger partial charge in [-0.25, -0.2) is 0 Å². The number of amides is 2. The Hall–Kier alpha value is -1.08. The van der Waals surface area contributed by atoms with Gasteiger partial charge in [-0.2, -0.15) is 0 Å². The third-order valence-corrected chi connectivity index (χ3v) is 6.64. The Balaban J connectivity index is 1.52. The highest BCUT2D eigenvalue weighted by atomic mass is 32.2. The van der Waals surface area contributed by atoms with Crippen molar-refractivity contribution in [2.45, 2.75) is 96.2 Å². The van der Waals surface area contributed by atoms with Gasteiger partial charge in [0.25, 0.3) is 5.24 Å². The van der Waals surface area contributed by atoms with Crippen LogP contribution >= 0.6 is 11.8 Å². The van der Waals surface area contributed by atoms with Crippen molar-refractivity contribution in [2.75, 3.05) is 12.9 Å². The first-order chi connectivity index (χ1) is 13.9. The summed E-state index contributed by atoms with van der Waals surface area (Å²) in [5.74, 6) is 0.749. The quantitative estimate of drug-likeness (QED) is 0.543. The molecule has 29 heavy (non-hydrogen) atoms. The highest BCUT2D eigenvalue weighted by Crippen LogP contribution is 2.27. The lowest BCUT2D eigenvalue weighted by molar-refractivity contribution is -0.127. The summed E-state index contributed by atoms with van der Waals surface area (Å²) < 4.78 is 5.93. The second kappa shape index (κ2) is 12.6. The smallest absolute Gasteiger partial charge is 0.278 e. The molecule has 2 aliphatic carbocycles. The molecule has 0 heterocycles. The number of hydrogen-bond donors (Lipinski definition) is 2. The number of nitrogens with one attached hydrogen (secondary N) is 2. The largest absolute Gasteiger partial charge is 0.378 e. The number of Topliss-reactive ketones (excluding diaryl/α,β-unsaturated/α-hetero) is 1. The molecule has 166 valence electrons. The van der Waals surface area contributed by atoms with Crippen LogP contribution in [0.25, 0.3) is 0 Å². The van der Waals surface area contributed by atoms with Crippen LogP contribution in [0.5, 0.6) is 0 Å². The lowest BCUT2D eigenvalue weighted by Gasteiger charge is -2.29. The first-order valence-electron chi connectivity index (χ1n) is 11.2. The van der Waals surface area contributed by atoms with Crippen LogP contribution in [0.15, 0.2) is 0 Å². The lowest BCUT2D eigenvalue weighted by Crippen LogP contribution is -2.39. The molecule has 2 aliphatic rings. The van der Waals surface area contributed by atoms with Gasteiger partial charge in [-0.3, -0.25) is 14.4 Å². The van der Waals surface area contributed by atoms with Crippen molar-refractivity contribution in [3.8, 4) is 0 Å². The minimum Gasteiger partial charge on any atom is -0.378 e. The van der Waals surface area contributed by atoms with E-state index in [4.69, 9.17) is 4.74 Å². The van der Waals surface area contributed by atoms with Crippen molar-refractivity contribution < 1.29 is 19.1 Å². The van der Waals surface area contributed by atoms with Crippen LogP contribution < -0.4 is 10.6 Å². The Morgan fingerprint density at radius 3 is 2.10 bits per heavy atom. The van der Waals surface area contributed by atoms with Crippen LogP contribution in [0, 0.1) is 11.8 Å². The van der Waals surface area contributed by atoms with Gasteiger partial charge in [0.15, 0.2) is 0 Å². The summed E-state index contributed by atoms with van der Waals surface area (Å²) >= 11 is 1.22. The first-order valence-corrected chi connectivity index (χ1v) is 12.4. The van der Waals surface area contributed by atoms with E-state index in [2.05, 4.69) is 10.6 Å². The third-order valence-electron chi connectivity index (χ3n) is 6.15. The van der Waals surface area contributed by atoms with Crippen molar-refractivity contribution in [3.05, 3.63) is 0 Å². The maximum absolute atomic E-state index is 12.2. The molecule has 7 heteroatoms. The van der Waals surface area contributed by atoms with Gasteiger partial charge in [-0.05, 0) is 64.0 Å². The summed E-state index contributed by atoms with van der Waals surface area (Å²) in [7, 11) is 0. The monoisotopic (exact) mass is 426 g/mol. The van der Waals surface area contributed by atoms with E-state index in [1.54, 1.807) is 6.26 Å². The fraction of sp³-hybridized carbons (Fsp3) is 0.864. The summed E-state index contributed by atoms with van der Waals surface area (Å²) in [6.45, 7) is 4.54. The van der Waals surface area contributed by atoms with Crippen molar-refractivity contribution in [3.63, 3.8) is 0 Å². The Labute approximate surface area is 179 Å². The standard InChI is InChI=1S/C22H38N2O4S/c1-15(2)21(26)16-6-8-17(9-7-16)23-20(25)5-4-14-28-19-12-10-18(11-13-19)24-22(27)29-3/h15-19H,4-14H2,1-3H3,(H,23,25)(H,24,27). The molecular formula is C22H38N2O4S. The number of thioether (sulfide) groups is 1. The van der Waals surface area contributed by atoms with E-state index in [1.807, 2.05) is 13.8 Å². The lowest BCUT2D eigenvalue weighted by atomic mass is 9.80. The molecule has 2 N–H and O–H groups in total. The second-order valence-corrected chi connectivity index (χ2v) is 9.54. The zero-order chi connectivity index (χ0) is 21.2. The Bertz CT molecular complexity index is 539. The van der Waals surface area contributed by atoms with E-state index in [9.17, 15) is 14.4 Å². The molecule has 2 saturated carbocycles. The summed E-state index contributed by atoms with van der Waals surface area (Å²) in [5, 5.41) is 6.19. The normalized spacial score (nSPS) is 27.4. The number of rotatable bonds is 9. The van der Waals surface area contributed by atoms with Crippen LogP contribution in [-0.2, 0) is 14.3 Å². The fourth-order valence-electron chi connectivity index (χ4n) is 4.38. The highest BCUT2D eigenvalue weighted by molar-refractivity contribution is 8.12. The molecule has 0 unspecified atom stereocenters. The predicted molar refractivity (Wildman–Crippen MR) is 117 cm³/mol. The number of hydrogen-bond acceptors (Lipinski definition) is 5. The molecule has 2 rings (SSSR count). The van der Waals surface area contributed by atoms with Crippen molar-refractivity contribution in [1.29, 1.82) is 0 Å². The maximum Gasteiger partial charge on any atom is 0.278 e. The summed E-state index contributed by atoms with van der Waals surface area (Å²) in [5.41, 5.74) is 0. The zero-order valence-corrected chi connectivity index (χ0v) is 19.0. The molecule has 0 aliphatic heterocycles. The number of ether oxygens (including phenoxy) is 1. The van der Waals surface area contributed by atoms with Gasteiger partial charge < -0.3 is 15.4 Å². The molecule has 0 bridgehead atoms. The molecule has 0 spiro atoms. The van der Waals surface area contributed by atoms with Gasteiger partial charge in [0.05, 0.1) is 6.10 Å². The fourth-order valence-corrected chi connectivity index (χ4v) is 4.66. The van der Waals surface area contributed by atoms with Gasteiger partial charge in [0.2, 0.25) is 5.91 Å². The van der Waals surface area contributed by atoms with Gasteiger partial charge >= 0.3 is 0 Å². The molecule has 0 saturated heterocycles. The average Bonchev–Trinajstić information content (AvgIpc) is 2.72. The van der Waals surface area contributed by atoms with E-state index >= 15 is 0 Å². The van der Waals surface area contributed by atoms with Gasteiger partial charge in [0, 0.05) is 36.9 Å². The van der Waals surface area contributed by atoms with Gasteiger partial charge in [-0.15, -0.1) is 0 Å². The van der Waals surface area contributed by atoms with Crippen molar-refractivity contribution >= 4 is 28.7 Å². The summed E-state index contributed by atoms with van der Waals surface area (Å²) in [6.07, 6.45) is 10.7. The van der Waals surface area contributed by atoms with E-state index in [1.165, 1.54) is 11.8 Å². The van der Waals surface area contributed by atoms with Crippen LogP contribution in [0.1, 0.15) is 78.1 Å². The van der Waals surface area contributed by atoms with E-state index in [-0.39, 0.29) is 41.2 Å². The van der Waals surface area contributed by atoms with Gasteiger partial charge in [-0.1, -0.05) is 25.6 Å². The number of carbonyl (C=O) groups excluding carboxylic acids is 3. The van der Waals surface area contributed by atoms with Crippen molar-refractivity contribution in [1.82, 2.24) is 10.6 Å². The SMILES string of the molecule is CSC(=O)NC1CCC(OCCCC(=O)NC2CCC(C(=O)C(C)C)CC2)CC1. The topological polar surface area (TPSA) is 84.5 Å². The van der Waals surface area contributed by atoms with Gasteiger partial charge in [0.1, 0.15) is 5.78 Å². The predicted octanol–water partition coefficient (Wildman–Crippen LogP) is 4.07. The molecule has 0 radical (unpaired) electrons. The maximum atomic E-state index is 12.2. The minimum absolute atomic E-state index is 0.0420. The second-order valence-electron chi connectivity index (χ2n) is 8.76. The van der Waals surface area contributed by atoms with Crippen LogP contribution in [-0.4, -0.2) is 48.0 Å². The van der Waals surface area contributed by atoms with Crippen LogP contribution in [0.3, 0.4) is 0 Å². The average molecular weight is 427 g/mol. The Morgan fingerprint density at radius 2 is 1.52 bits per heavy atom.